The number of benzene rings is 2. The number of piperazine rings is 1. The SMILES string of the molecule is COc1ccccc1N1CCN(C(=O)OC(C)(C)C)CC1NC(=O)C=Cc1ccc(Br)cc1. The average molecular weight is 516 g/mol. The summed E-state index contributed by atoms with van der Waals surface area (Å²) >= 11 is 3.41. The maximum absolute atomic E-state index is 12.8. The molecule has 0 radical (unpaired) electrons. The average Bonchev–Trinajstić information content (AvgIpc) is 2.77. The van der Waals surface area contributed by atoms with Crippen LogP contribution in [0.15, 0.2) is 59.1 Å². The lowest BCUT2D eigenvalue weighted by Crippen LogP contribution is -2.61. The number of halogens is 1. The van der Waals surface area contributed by atoms with Gasteiger partial charge in [0.05, 0.1) is 19.3 Å². The van der Waals surface area contributed by atoms with Gasteiger partial charge >= 0.3 is 6.09 Å². The molecule has 0 spiro atoms. The summed E-state index contributed by atoms with van der Waals surface area (Å²) in [6.45, 7) is 6.77. The lowest BCUT2D eigenvalue weighted by molar-refractivity contribution is -0.117. The van der Waals surface area contributed by atoms with E-state index in [1.807, 2.05) is 74.2 Å². The number of para-hydroxylation sites is 2. The summed E-state index contributed by atoms with van der Waals surface area (Å²) in [5, 5.41) is 3.03. The van der Waals surface area contributed by atoms with Crippen molar-refractivity contribution in [2.45, 2.75) is 32.5 Å². The molecule has 1 fully saturated rings. The van der Waals surface area contributed by atoms with E-state index in [0.717, 1.165) is 15.7 Å². The van der Waals surface area contributed by atoms with Crippen molar-refractivity contribution in [3.8, 4) is 5.75 Å². The fraction of sp³-hybridized carbons (Fsp3) is 0.360. The molecule has 0 saturated carbocycles. The zero-order valence-corrected chi connectivity index (χ0v) is 21.0. The maximum atomic E-state index is 12.8. The number of carbonyl (C=O) groups excluding carboxylic acids is 2. The first-order chi connectivity index (χ1) is 15.7. The van der Waals surface area contributed by atoms with Crippen LogP contribution in [0.25, 0.3) is 6.08 Å². The molecule has 3 rings (SSSR count). The molecule has 2 aromatic rings. The summed E-state index contributed by atoms with van der Waals surface area (Å²) in [6.07, 6.45) is 2.40. The van der Waals surface area contributed by atoms with E-state index in [1.165, 1.54) is 6.08 Å². The van der Waals surface area contributed by atoms with E-state index in [0.29, 0.717) is 18.8 Å². The monoisotopic (exact) mass is 515 g/mol. The van der Waals surface area contributed by atoms with Crippen molar-refractivity contribution in [1.29, 1.82) is 0 Å². The van der Waals surface area contributed by atoms with Gasteiger partial charge in [-0.15, -0.1) is 0 Å². The molecule has 7 nitrogen and oxygen atoms in total. The van der Waals surface area contributed by atoms with Gasteiger partial charge in [0.2, 0.25) is 5.91 Å². The minimum absolute atomic E-state index is 0.256. The van der Waals surface area contributed by atoms with Gasteiger partial charge in [-0.05, 0) is 56.7 Å². The van der Waals surface area contributed by atoms with Crippen LogP contribution in [0, 0.1) is 0 Å². The quantitative estimate of drug-likeness (QED) is 0.585. The molecular formula is C25H30BrN3O4. The number of amides is 2. The highest BCUT2D eigenvalue weighted by molar-refractivity contribution is 9.10. The van der Waals surface area contributed by atoms with Gasteiger partial charge in [-0.3, -0.25) is 4.79 Å². The number of methoxy groups -OCH3 is 1. The van der Waals surface area contributed by atoms with Crippen LogP contribution in [0.1, 0.15) is 26.3 Å². The van der Waals surface area contributed by atoms with Crippen molar-refractivity contribution in [3.05, 3.63) is 64.6 Å². The number of hydrogen-bond donors (Lipinski definition) is 1. The summed E-state index contributed by atoms with van der Waals surface area (Å²) in [6, 6.07) is 15.3. The fourth-order valence-corrected chi connectivity index (χ4v) is 3.78. The van der Waals surface area contributed by atoms with Crippen molar-refractivity contribution in [3.63, 3.8) is 0 Å². The second-order valence-corrected chi connectivity index (χ2v) is 9.62. The van der Waals surface area contributed by atoms with Crippen molar-refractivity contribution < 1.29 is 19.1 Å². The first-order valence-electron chi connectivity index (χ1n) is 10.8. The van der Waals surface area contributed by atoms with Gasteiger partial charge in [0.15, 0.2) is 0 Å². The number of carbonyl (C=O) groups is 2. The third-order valence-electron chi connectivity index (χ3n) is 5.03. The predicted molar refractivity (Wildman–Crippen MR) is 133 cm³/mol. The first kappa shape index (κ1) is 24.6. The zero-order chi connectivity index (χ0) is 24.0. The fourth-order valence-electron chi connectivity index (χ4n) is 3.51. The topological polar surface area (TPSA) is 71.1 Å². The molecular weight excluding hydrogens is 486 g/mol. The Morgan fingerprint density at radius 3 is 2.45 bits per heavy atom. The molecule has 33 heavy (non-hydrogen) atoms. The summed E-state index contributed by atoms with van der Waals surface area (Å²) in [5.74, 6) is 0.446. The van der Waals surface area contributed by atoms with Crippen LogP contribution in [0.4, 0.5) is 10.5 Å². The van der Waals surface area contributed by atoms with Gasteiger partial charge in [0, 0.05) is 23.6 Å². The Morgan fingerprint density at radius 1 is 1.09 bits per heavy atom. The Hall–Kier alpha value is -3.00. The Balaban J connectivity index is 1.79. The Labute approximate surface area is 203 Å². The van der Waals surface area contributed by atoms with E-state index in [-0.39, 0.29) is 12.5 Å². The van der Waals surface area contributed by atoms with Gasteiger partial charge in [0.25, 0.3) is 0 Å². The van der Waals surface area contributed by atoms with Gasteiger partial charge in [-0.1, -0.05) is 40.2 Å². The number of nitrogens with zero attached hydrogens (tertiary/aromatic N) is 2. The van der Waals surface area contributed by atoms with E-state index in [4.69, 9.17) is 9.47 Å². The molecule has 1 atom stereocenters. The van der Waals surface area contributed by atoms with Crippen molar-refractivity contribution in [1.82, 2.24) is 10.2 Å². The van der Waals surface area contributed by atoms with Crippen molar-refractivity contribution in [2.75, 3.05) is 31.6 Å². The van der Waals surface area contributed by atoms with Crippen LogP contribution in [-0.4, -0.2) is 55.4 Å². The molecule has 1 saturated heterocycles. The molecule has 8 heteroatoms. The number of nitrogens with one attached hydrogen (secondary N) is 1. The van der Waals surface area contributed by atoms with Gasteiger partial charge < -0.3 is 24.6 Å². The highest BCUT2D eigenvalue weighted by Gasteiger charge is 2.33. The predicted octanol–water partition coefficient (Wildman–Crippen LogP) is 4.67. The number of hydrogen-bond acceptors (Lipinski definition) is 5. The maximum Gasteiger partial charge on any atom is 0.410 e. The molecule has 0 bridgehead atoms. The van der Waals surface area contributed by atoms with E-state index in [1.54, 1.807) is 18.1 Å². The largest absolute Gasteiger partial charge is 0.495 e. The van der Waals surface area contributed by atoms with Crippen LogP contribution in [0.2, 0.25) is 0 Å². The molecule has 0 aromatic heterocycles. The summed E-state index contributed by atoms with van der Waals surface area (Å²) < 4.78 is 12.0. The molecule has 1 aliphatic rings. The Morgan fingerprint density at radius 2 is 1.79 bits per heavy atom. The number of ether oxygens (including phenoxy) is 2. The van der Waals surface area contributed by atoms with Crippen LogP contribution in [0.3, 0.4) is 0 Å². The Bertz CT molecular complexity index is 1000. The molecule has 0 aliphatic carbocycles. The third-order valence-corrected chi connectivity index (χ3v) is 5.56. The third kappa shape index (κ3) is 6.99. The van der Waals surface area contributed by atoms with Gasteiger partial charge in [-0.25, -0.2) is 4.79 Å². The standard InChI is InChI=1S/C25H30BrN3O4/c1-25(2,3)33-24(31)28-15-16-29(20-7-5-6-8-21(20)32-4)22(17-28)27-23(30)14-11-18-9-12-19(26)13-10-18/h5-14,22H,15-17H2,1-4H3,(H,27,30). The van der Waals surface area contributed by atoms with Gasteiger partial charge in [0.1, 0.15) is 17.5 Å². The van der Waals surface area contributed by atoms with E-state index in [2.05, 4.69) is 21.2 Å². The Kier molecular flexibility index (Phi) is 8.02. The molecule has 1 aliphatic heterocycles. The summed E-state index contributed by atoms with van der Waals surface area (Å²) in [4.78, 5) is 29.1. The second-order valence-electron chi connectivity index (χ2n) is 8.70. The number of rotatable bonds is 5. The van der Waals surface area contributed by atoms with E-state index >= 15 is 0 Å². The lowest BCUT2D eigenvalue weighted by Gasteiger charge is -2.43. The highest BCUT2D eigenvalue weighted by atomic mass is 79.9. The van der Waals surface area contributed by atoms with Crippen LogP contribution in [0.5, 0.6) is 5.75 Å². The zero-order valence-electron chi connectivity index (χ0n) is 19.4. The minimum atomic E-state index is -0.594. The molecule has 1 unspecified atom stereocenters. The molecule has 176 valence electrons. The number of anilines is 1. The van der Waals surface area contributed by atoms with Gasteiger partial charge in [-0.2, -0.15) is 0 Å². The highest BCUT2D eigenvalue weighted by Crippen LogP contribution is 2.30. The normalized spacial score (nSPS) is 16.6. The summed E-state index contributed by atoms with van der Waals surface area (Å²) in [5.41, 5.74) is 1.17. The van der Waals surface area contributed by atoms with Crippen molar-refractivity contribution >= 4 is 39.7 Å². The lowest BCUT2D eigenvalue weighted by atomic mass is 10.2. The van der Waals surface area contributed by atoms with Crippen LogP contribution in [-0.2, 0) is 9.53 Å². The second kappa shape index (κ2) is 10.7. The van der Waals surface area contributed by atoms with Crippen molar-refractivity contribution in [2.24, 2.45) is 0 Å². The minimum Gasteiger partial charge on any atom is -0.495 e. The first-order valence-corrected chi connectivity index (χ1v) is 11.6. The molecule has 2 aromatic carbocycles. The molecule has 1 N–H and O–H groups in total. The molecule has 1 heterocycles. The van der Waals surface area contributed by atoms with Crippen LogP contribution >= 0.6 is 15.9 Å². The van der Waals surface area contributed by atoms with Crippen LogP contribution < -0.4 is 15.0 Å². The van der Waals surface area contributed by atoms with E-state index in [9.17, 15) is 9.59 Å². The summed E-state index contributed by atoms with van der Waals surface area (Å²) in [7, 11) is 1.62. The smallest absolute Gasteiger partial charge is 0.410 e. The molecule has 2 amide bonds. The van der Waals surface area contributed by atoms with E-state index < -0.39 is 17.9 Å².